The van der Waals surface area contributed by atoms with Crippen molar-refractivity contribution in [3.8, 4) is 0 Å². The van der Waals surface area contributed by atoms with Crippen LogP contribution in [-0.4, -0.2) is 22.4 Å². The largest absolute Gasteiger partial charge is 0.378 e. The number of hydrogen-bond acceptors (Lipinski definition) is 5. The van der Waals surface area contributed by atoms with Crippen LogP contribution in [0.15, 0.2) is 34.9 Å². The second kappa shape index (κ2) is 5.34. The van der Waals surface area contributed by atoms with Gasteiger partial charge in [-0.15, -0.1) is 0 Å². The van der Waals surface area contributed by atoms with Gasteiger partial charge in [0.2, 0.25) is 5.82 Å². The van der Waals surface area contributed by atoms with Gasteiger partial charge in [-0.3, -0.25) is 0 Å². The van der Waals surface area contributed by atoms with Gasteiger partial charge in [-0.2, -0.15) is 4.98 Å². The summed E-state index contributed by atoms with van der Waals surface area (Å²) >= 11 is 0. The van der Waals surface area contributed by atoms with E-state index in [1.54, 1.807) is 7.11 Å². The van der Waals surface area contributed by atoms with Crippen molar-refractivity contribution >= 4 is 0 Å². The van der Waals surface area contributed by atoms with Gasteiger partial charge >= 0.3 is 0 Å². The summed E-state index contributed by atoms with van der Waals surface area (Å²) in [4.78, 5) is 4.36. The molecule has 1 aromatic heterocycles. The molecule has 1 aliphatic carbocycles. The summed E-state index contributed by atoms with van der Waals surface area (Å²) in [6, 6.07) is 9.28. The molecule has 3 rings (SSSR count). The van der Waals surface area contributed by atoms with Crippen molar-refractivity contribution in [1.29, 1.82) is 0 Å². The maximum absolute atomic E-state index is 10.3. The van der Waals surface area contributed by atoms with Crippen LogP contribution in [0.5, 0.6) is 0 Å². The molecular weight excluding hydrogens is 256 g/mol. The smallest absolute Gasteiger partial charge is 0.260 e. The van der Waals surface area contributed by atoms with Crippen molar-refractivity contribution in [1.82, 2.24) is 10.1 Å². The number of ether oxygens (including phenoxy) is 1. The average Bonchev–Trinajstić information content (AvgIpc) is 3.17. The number of rotatable bonds is 4. The molecule has 0 radical (unpaired) electrons. The lowest BCUT2D eigenvalue weighted by molar-refractivity contribution is -0.0178. The van der Waals surface area contributed by atoms with Gasteiger partial charge in [0.15, 0.2) is 6.10 Å². The fourth-order valence-corrected chi connectivity index (χ4v) is 2.77. The Bertz CT molecular complexity index is 562. The normalized spacial score (nSPS) is 19.1. The first-order valence-corrected chi connectivity index (χ1v) is 6.87. The molecule has 20 heavy (non-hydrogen) atoms. The highest BCUT2D eigenvalue weighted by Crippen LogP contribution is 2.40. The van der Waals surface area contributed by atoms with Gasteiger partial charge in [-0.25, -0.2) is 0 Å². The Morgan fingerprint density at radius 1 is 1.25 bits per heavy atom. The first kappa shape index (κ1) is 13.3. The Hall–Kier alpha value is -1.72. The van der Waals surface area contributed by atoms with E-state index in [1.807, 2.05) is 30.3 Å². The van der Waals surface area contributed by atoms with Crippen LogP contribution in [0.1, 0.15) is 49.1 Å². The van der Waals surface area contributed by atoms with Gasteiger partial charge in [0, 0.05) is 7.11 Å². The molecule has 2 aromatic rings. The van der Waals surface area contributed by atoms with E-state index < -0.39 is 11.7 Å². The second-order valence-corrected chi connectivity index (χ2v) is 5.17. The van der Waals surface area contributed by atoms with E-state index >= 15 is 0 Å². The van der Waals surface area contributed by atoms with Gasteiger partial charge in [0.05, 0.1) is 0 Å². The Balaban J connectivity index is 1.87. The van der Waals surface area contributed by atoms with Crippen LogP contribution in [-0.2, 0) is 10.3 Å². The third kappa shape index (κ3) is 2.23. The molecule has 1 aliphatic rings. The van der Waals surface area contributed by atoms with Crippen molar-refractivity contribution in [2.75, 3.05) is 7.11 Å². The number of benzene rings is 1. The Morgan fingerprint density at radius 2 is 1.95 bits per heavy atom. The number of nitrogens with zero attached hydrogens (tertiary/aromatic N) is 2. The van der Waals surface area contributed by atoms with E-state index in [1.165, 1.54) is 0 Å². The third-order valence-electron chi connectivity index (χ3n) is 4.00. The van der Waals surface area contributed by atoms with E-state index in [4.69, 9.17) is 9.26 Å². The molecule has 0 spiro atoms. The lowest BCUT2D eigenvalue weighted by Gasteiger charge is -2.22. The minimum Gasteiger partial charge on any atom is -0.378 e. The molecule has 5 nitrogen and oxygen atoms in total. The van der Waals surface area contributed by atoms with Crippen LogP contribution in [0.3, 0.4) is 0 Å². The van der Waals surface area contributed by atoms with Crippen LogP contribution in [0.4, 0.5) is 0 Å². The van der Waals surface area contributed by atoms with Crippen molar-refractivity contribution in [2.24, 2.45) is 0 Å². The van der Waals surface area contributed by atoms with Crippen LogP contribution < -0.4 is 0 Å². The summed E-state index contributed by atoms with van der Waals surface area (Å²) in [6.07, 6.45) is 3.08. The van der Waals surface area contributed by atoms with E-state index in [9.17, 15) is 5.11 Å². The molecule has 0 amide bonds. The molecule has 1 saturated carbocycles. The minimum atomic E-state index is -0.896. The molecule has 1 N–H and O–H groups in total. The third-order valence-corrected chi connectivity index (χ3v) is 4.00. The molecule has 1 aromatic carbocycles. The zero-order valence-corrected chi connectivity index (χ0v) is 11.5. The van der Waals surface area contributed by atoms with E-state index in [0.717, 1.165) is 31.2 Å². The van der Waals surface area contributed by atoms with Gasteiger partial charge in [0.25, 0.3) is 5.89 Å². The second-order valence-electron chi connectivity index (χ2n) is 5.17. The van der Waals surface area contributed by atoms with Gasteiger partial charge in [-0.1, -0.05) is 35.5 Å². The van der Waals surface area contributed by atoms with Gasteiger partial charge < -0.3 is 14.4 Å². The maximum Gasteiger partial charge on any atom is 0.260 e. The number of aliphatic hydroxyl groups is 1. The quantitative estimate of drug-likeness (QED) is 0.928. The standard InChI is InChI=1S/C15H18N2O3/c1-19-15(9-5-6-10-15)14-16-13(20-17-14)12(18)11-7-3-2-4-8-11/h2-4,7-8,12,18H,5-6,9-10H2,1H3. The zero-order chi connectivity index (χ0) is 14.0. The highest BCUT2D eigenvalue weighted by Gasteiger charge is 2.40. The maximum atomic E-state index is 10.3. The van der Waals surface area contributed by atoms with Crippen molar-refractivity contribution in [3.05, 3.63) is 47.6 Å². The molecule has 1 heterocycles. The Labute approximate surface area is 117 Å². The molecular formula is C15H18N2O3. The summed E-state index contributed by atoms with van der Waals surface area (Å²) in [5.74, 6) is 0.761. The molecule has 5 heteroatoms. The Kier molecular flexibility index (Phi) is 3.54. The van der Waals surface area contributed by atoms with Crippen molar-refractivity contribution in [2.45, 2.75) is 37.4 Å². The fraction of sp³-hybridized carbons (Fsp3) is 0.467. The van der Waals surface area contributed by atoms with Crippen LogP contribution in [0.25, 0.3) is 0 Å². The minimum absolute atomic E-state index is 0.217. The SMILES string of the molecule is COC1(c2noc(C(O)c3ccccc3)n2)CCCC1. The van der Waals surface area contributed by atoms with Crippen molar-refractivity contribution < 1.29 is 14.4 Å². The summed E-state index contributed by atoms with van der Waals surface area (Å²) in [6.45, 7) is 0. The van der Waals surface area contributed by atoms with Crippen molar-refractivity contribution in [3.63, 3.8) is 0 Å². The molecule has 106 valence electrons. The van der Waals surface area contributed by atoms with E-state index in [-0.39, 0.29) is 5.89 Å². The summed E-state index contributed by atoms with van der Waals surface area (Å²) in [5.41, 5.74) is 0.290. The number of aliphatic hydroxyl groups excluding tert-OH is 1. The number of methoxy groups -OCH3 is 1. The van der Waals surface area contributed by atoms with E-state index in [2.05, 4.69) is 10.1 Å². The molecule has 1 atom stereocenters. The molecule has 1 fully saturated rings. The van der Waals surface area contributed by atoms with Crippen LogP contribution in [0.2, 0.25) is 0 Å². The number of aromatic nitrogens is 2. The van der Waals surface area contributed by atoms with E-state index in [0.29, 0.717) is 5.82 Å². The predicted octanol–water partition coefficient (Wildman–Crippen LogP) is 2.57. The number of hydrogen-bond donors (Lipinski definition) is 1. The summed E-state index contributed by atoms with van der Waals surface area (Å²) in [7, 11) is 1.68. The lowest BCUT2D eigenvalue weighted by Crippen LogP contribution is -2.26. The molecule has 0 aliphatic heterocycles. The van der Waals surface area contributed by atoms with Gasteiger partial charge in [-0.05, 0) is 31.2 Å². The topological polar surface area (TPSA) is 68.4 Å². The zero-order valence-electron chi connectivity index (χ0n) is 11.5. The predicted molar refractivity (Wildman–Crippen MR) is 72.0 cm³/mol. The monoisotopic (exact) mass is 274 g/mol. The highest BCUT2D eigenvalue weighted by molar-refractivity contribution is 5.22. The molecule has 0 saturated heterocycles. The molecule has 0 bridgehead atoms. The Morgan fingerprint density at radius 3 is 2.60 bits per heavy atom. The summed E-state index contributed by atoms with van der Waals surface area (Å²) in [5, 5.41) is 14.3. The molecule has 1 unspecified atom stereocenters. The van der Waals surface area contributed by atoms with Crippen LogP contribution in [0, 0.1) is 0 Å². The first-order valence-electron chi connectivity index (χ1n) is 6.87. The highest BCUT2D eigenvalue weighted by atomic mass is 16.5. The van der Waals surface area contributed by atoms with Crippen LogP contribution >= 0.6 is 0 Å². The lowest BCUT2D eigenvalue weighted by atomic mass is 10.0. The fourth-order valence-electron chi connectivity index (χ4n) is 2.77. The average molecular weight is 274 g/mol. The van der Waals surface area contributed by atoms with Gasteiger partial charge in [0.1, 0.15) is 5.60 Å². The summed E-state index contributed by atoms with van der Waals surface area (Å²) < 4.78 is 10.8. The first-order chi connectivity index (χ1) is 9.75.